The molecule has 2 unspecified atom stereocenters. The molecule has 5 nitrogen and oxygen atoms in total. The van der Waals surface area contributed by atoms with Crippen LogP contribution in [0.5, 0.6) is 0 Å². The van der Waals surface area contributed by atoms with Gasteiger partial charge in [-0.15, -0.1) is 11.3 Å². The molecule has 0 saturated carbocycles. The lowest BCUT2D eigenvalue weighted by Crippen LogP contribution is -2.51. The number of aromatic nitrogens is 1. The number of likely N-dealkylation sites (tertiary alicyclic amines) is 1. The molecule has 19 heavy (non-hydrogen) atoms. The lowest BCUT2D eigenvalue weighted by molar-refractivity contribution is -0.145. The summed E-state index contributed by atoms with van der Waals surface area (Å²) in [4.78, 5) is 20.0. The maximum atomic E-state index is 11.5. The smallest absolute Gasteiger partial charge is 0.320 e. The summed E-state index contributed by atoms with van der Waals surface area (Å²) >= 11 is 1.61. The topological polar surface area (TPSA) is 56.7 Å². The van der Waals surface area contributed by atoms with Gasteiger partial charge >= 0.3 is 5.97 Å². The Morgan fingerprint density at radius 2 is 2.37 bits per heavy atom. The molecule has 0 aromatic carbocycles. The molecule has 2 heterocycles. The summed E-state index contributed by atoms with van der Waals surface area (Å²) in [5.74, 6) is -0.724. The van der Waals surface area contributed by atoms with Crippen LogP contribution in [0.2, 0.25) is 0 Å². The Kier molecular flexibility index (Phi) is 4.54. The summed E-state index contributed by atoms with van der Waals surface area (Å²) in [7, 11) is 4.03. The van der Waals surface area contributed by atoms with Gasteiger partial charge in [0.15, 0.2) is 0 Å². The van der Waals surface area contributed by atoms with Crippen LogP contribution in [-0.2, 0) is 11.3 Å². The highest BCUT2D eigenvalue weighted by atomic mass is 32.1. The average Bonchev–Trinajstić information content (AvgIpc) is 2.74. The Morgan fingerprint density at radius 3 is 2.89 bits per heavy atom. The lowest BCUT2D eigenvalue weighted by atomic mass is 9.96. The molecule has 1 aliphatic heterocycles. The zero-order valence-corrected chi connectivity index (χ0v) is 12.5. The third-order valence-electron chi connectivity index (χ3n) is 3.73. The first-order chi connectivity index (χ1) is 8.97. The highest BCUT2D eigenvalue weighted by molar-refractivity contribution is 7.09. The zero-order chi connectivity index (χ0) is 14.0. The predicted octanol–water partition coefficient (Wildman–Crippen LogP) is 1.43. The van der Waals surface area contributed by atoms with Crippen LogP contribution in [0.1, 0.15) is 23.5 Å². The summed E-state index contributed by atoms with van der Waals surface area (Å²) in [6, 6.07) is -0.0438. The van der Waals surface area contributed by atoms with E-state index in [1.807, 2.05) is 31.3 Å². The number of thiazole rings is 1. The van der Waals surface area contributed by atoms with Gasteiger partial charge in [-0.2, -0.15) is 0 Å². The van der Waals surface area contributed by atoms with Crippen molar-refractivity contribution < 1.29 is 9.90 Å². The SMILES string of the molecule is Cc1nc(CN2CCC(N(C)C)CC2C(=O)O)cs1. The third kappa shape index (κ3) is 3.52. The first-order valence-corrected chi connectivity index (χ1v) is 7.39. The van der Waals surface area contributed by atoms with Crippen LogP contribution in [0.25, 0.3) is 0 Å². The van der Waals surface area contributed by atoms with E-state index in [4.69, 9.17) is 0 Å². The van der Waals surface area contributed by atoms with Crippen LogP contribution < -0.4 is 0 Å². The number of nitrogens with zero attached hydrogens (tertiary/aromatic N) is 3. The van der Waals surface area contributed by atoms with Crippen molar-refractivity contribution in [2.45, 2.75) is 38.4 Å². The Balaban J connectivity index is 2.05. The van der Waals surface area contributed by atoms with Gasteiger partial charge in [-0.25, -0.2) is 4.98 Å². The van der Waals surface area contributed by atoms with Gasteiger partial charge in [0.1, 0.15) is 6.04 Å². The van der Waals surface area contributed by atoms with E-state index in [0.29, 0.717) is 19.0 Å². The molecule has 2 rings (SSSR count). The monoisotopic (exact) mass is 283 g/mol. The van der Waals surface area contributed by atoms with Crippen molar-refractivity contribution in [3.05, 3.63) is 16.1 Å². The maximum Gasteiger partial charge on any atom is 0.320 e. The molecule has 0 radical (unpaired) electrons. The molecule has 106 valence electrons. The molecule has 2 atom stereocenters. The second-order valence-electron chi connectivity index (χ2n) is 5.32. The quantitative estimate of drug-likeness (QED) is 0.906. The largest absolute Gasteiger partial charge is 0.480 e. The fraction of sp³-hybridized carbons (Fsp3) is 0.692. The fourth-order valence-corrected chi connectivity index (χ4v) is 3.20. The van der Waals surface area contributed by atoms with Gasteiger partial charge in [-0.3, -0.25) is 9.69 Å². The summed E-state index contributed by atoms with van der Waals surface area (Å²) in [5, 5.41) is 12.5. The summed E-state index contributed by atoms with van der Waals surface area (Å²) < 4.78 is 0. The normalized spacial score (nSPS) is 24.8. The predicted molar refractivity (Wildman–Crippen MR) is 75.4 cm³/mol. The highest BCUT2D eigenvalue weighted by Crippen LogP contribution is 2.23. The van der Waals surface area contributed by atoms with Crippen molar-refractivity contribution in [2.24, 2.45) is 0 Å². The van der Waals surface area contributed by atoms with Crippen molar-refractivity contribution in [3.63, 3.8) is 0 Å². The van der Waals surface area contributed by atoms with Crippen LogP contribution in [0.4, 0.5) is 0 Å². The van der Waals surface area contributed by atoms with E-state index in [1.54, 1.807) is 11.3 Å². The molecule has 1 fully saturated rings. The van der Waals surface area contributed by atoms with E-state index in [9.17, 15) is 9.90 Å². The van der Waals surface area contributed by atoms with Gasteiger partial charge in [-0.05, 0) is 33.9 Å². The number of aryl methyl sites for hydroxylation is 1. The fourth-order valence-electron chi connectivity index (χ4n) is 2.60. The van der Waals surface area contributed by atoms with Gasteiger partial charge in [-0.1, -0.05) is 0 Å². The molecule has 1 saturated heterocycles. The number of carboxylic acid groups (broad SMARTS) is 1. The van der Waals surface area contributed by atoms with Crippen LogP contribution in [0, 0.1) is 6.92 Å². The van der Waals surface area contributed by atoms with Crippen molar-refractivity contribution in [1.82, 2.24) is 14.8 Å². The van der Waals surface area contributed by atoms with Gasteiger partial charge < -0.3 is 10.0 Å². The van der Waals surface area contributed by atoms with Gasteiger partial charge in [0, 0.05) is 24.5 Å². The number of piperidine rings is 1. The minimum Gasteiger partial charge on any atom is -0.480 e. The highest BCUT2D eigenvalue weighted by Gasteiger charge is 2.34. The molecule has 0 amide bonds. The second-order valence-corrected chi connectivity index (χ2v) is 6.39. The van der Waals surface area contributed by atoms with Crippen LogP contribution >= 0.6 is 11.3 Å². The second kappa shape index (κ2) is 5.98. The number of carboxylic acids is 1. The molecule has 0 aliphatic carbocycles. The summed E-state index contributed by atoms with van der Waals surface area (Å²) in [5.41, 5.74) is 0.983. The van der Waals surface area contributed by atoms with Crippen LogP contribution in [0.3, 0.4) is 0 Å². The first kappa shape index (κ1) is 14.4. The van der Waals surface area contributed by atoms with E-state index in [2.05, 4.69) is 9.88 Å². The van der Waals surface area contributed by atoms with E-state index >= 15 is 0 Å². The number of hydrogen-bond donors (Lipinski definition) is 1. The molecular formula is C13H21N3O2S. The van der Waals surface area contributed by atoms with E-state index < -0.39 is 12.0 Å². The Hall–Kier alpha value is -0.980. The van der Waals surface area contributed by atoms with Gasteiger partial charge in [0.25, 0.3) is 0 Å². The molecule has 1 N–H and O–H groups in total. The Bertz CT molecular complexity index is 447. The minimum absolute atomic E-state index is 0.356. The van der Waals surface area contributed by atoms with Crippen molar-refractivity contribution in [2.75, 3.05) is 20.6 Å². The summed E-state index contributed by atoms with van der Waals surface area (Å²) in [6.45, 7) is 3.43. The summed E-state index contributed by atoms with van der Waals surface area (Å²) in [6.07, 6.45) is 1.70. The van der Waals surface area contributed by atoms with Crippen LogP contribution in [0.15, 0.2) is 5.38 Å². The number of aliphatic carboxylic acids is 1. The molecular weight excluding hydrogens is 262 g/mol. The molecule has 6 heteroatoms. The molecule has 0 bridgehead atoms. The Morgan fingerprint density at radius 1 is 1.63 bits per heavy atom. The molecule has 0 spiro atoms. The van der Waals surface area contributed by atoms with E-state index in [0.717, 1.165) is 23.7 Å². The third-order valence-corrected chi connectivity index (χ3v) is 4.55. The molecule has 1 aliphatic rings. The minimum atomic E-state index is -0.724. The zero-order valence-electron chi connectivity index (χ0n) is 11.7. The van der Waals surface area contributed by atoms with Gasteiger partial charge in [0.05, 0.1) is 10.7 Å². The van der Waals surface area contributed by atoms with Crippen molar-refractivity contribution in [3.8, 4) is 0 Å². The lowest BCUT2D eigenvalue weighted by Gasteiger charge is -2.39. The van der Waals surface area contributed by atoms with E-state index in [-0.39, 0.29) is 0 Å². The number of hydrogen-bond acceptors (Lipinski definition) is 5. The first-order valence-electron chi connectivity index (χ1n) is 6.51. The molecule has 1 aromatic heterocycles. The Labute approximate surface area is 117 Å². The number of carbonyl (C=O) groups is 1. The standard InChI is InChI=1S/C13H21N3O2S/c1-9-14-10(8-19-9)7-16-5-4-11(15(2)3)6-12(16)13(17)18/h8,11-12H,4-7H2,1-3H3,(H,17,18). The van der Waals surface area contributed by atoms with Gasteiger partial charge in [0.2, 0.25) is 0 Å². The van der Waals surface area contributed by atoms with Crippen molar-refractivity contribution in [1.29, 1.82) is 0 Å². The van der Waals surface area contributed by atoms with E-state index in [1.165, 1.54) is 0 Å². The maximum absolute atomic E-state index is 11.5. The van der Waals surface area contributed by atoms with Crippen molar-refractivity contribution >= 4 is 17.3 Å². The molecule has 1 aromatic rings. The van der Waals surface area contributed by atoms with Crippen LogP contribution in [-0.4, -0.2) is 58.6 Å². The average molecular weight is 283 g/mol. The number of rotatable bonds is 4.